The number of aromatic nitrogens is 2. The van der Waals surface area contributed by atoms with Gasteiger partial charge >= 0.3 is 11.1 Å². The number of nitrogens with one attached hydrogen (secondary N) is 4. The van der Waals surface area contributed by atoms with E-state index in [-0.39, 0.29) is 26.5 Å². The molecule has 1 aliphatic rings. The van der Waals surface area contributed by atoms with E-state index in [4.69, 9.17) is 0 Å². The number of benzene rings is 2. The summed E-state index contributed by atoms with van der Waals surface area (Å²) in [5.74, 6) is 0.389. The van der Waals surface area contributed by atoms with E-state index in [1.807, 2.05) is 0 Å². The Morgan fingerprint density at radius 2 is 1.40 bits per heavy atom. The summed E-state index contributed by atoms with van der Waals surface area (Å²) in [5.41, 5.74) is -1.11. The highest BCUT2D eigenvalue weighted by molar-refractivity contribution is 7.92. The van der Waals surface area contributed by atoms with Gasteiger partial charge < -0.3 is 9.97 Å². The van der Waals surface area contributed by atoms with E-state index in [9.17, 15) is 26.4 Å². The van der Waals surface area contributed by atoms with Crippen LogP contribution in [0, 0.1) is 5.92 Å². The van der Waals surface area contributed by atoms with Gasteiger partial charge in [0.1, 0.15) is 0 Å². The molecule has 0 radical (unpaired) electrons. The predicted octanol–water partition coefficient (Wildman–Crippen LogP) is 0.705. The first kappa shape index (κ1) is 20.3. The topological polar surface area (TPSA) is 158 Å². The van der Waals surface area contributed by atoms with Crippen molar-refractivity contribution in [3.05, 3.63) is 63.2 Å². The Balaban J connectivity index is 1.55. The van der Waals surface area contributed by atoms with Crippen LogP contribution in [-0.4, -0.2) is 33.3 Å². The minimum Gasteiger partial charge on any atom is -0.316 e. The molecule has 1 saturated carbocycles. The van der Waals surface area contributed by atoms with Crippen LogP contribution in [0.25, 0.3) is 11.0 Å². The van der Waals surface area contributed by atoms with E-state index < -0.39 is 31.2 Å². The zero-order valence-corrected chi connectivity index (χ0v) is 17.1. The first-order chi connectivity index (χ1) is 14.1. The van der Waals surface area contributed by atoms with Crippen molar-refractivity contribution in [2.45, 2.75) is 22.6 Å². The Hall–Kier alpha value is -2.96. The van der Waals surface area contributed by atoms with Crippen LogP contribution in [0.4, 0.5) is 5.69 Å². The SMILES string of the molecule is O=c1[nH]c2ccc(S(=O)(=O)Nc3ccc(S(=O)(=O)NCC4CC4)cc3)cc2[nH]c1=O. The van der Waals surface area contributed by atoms with Crippen molar-refractivity contribution >= 4 is 36.8 Å². The van der Waals surface area contributed by atoms with Crippen LogP contribution in [0.15, 0.2) is 61.8 Å². The summed E-state index contributed by atoms with van der Waals surface area (Å²) >= 11 is 0. The summed E-state index contributed by atoms with van der Waals surface area (Å²) in [7, 11) is -7.67. The van der Waals surface area contributed by atoms with E-state index >= 15 is 0 Å². The number of rotatable bonds is 7. The summed E-state index contributed by atoms with van der Waals surface area (Å²) in [6, 6.07) is 9.19. The van der Waals surface area contributed by atoms with Crippen LogP contribution in [0.5, 0.6) is 0 Å². The molecule has 30 heavy (non-hydrogen) atoms. The minimum absolute atomic E-state index is 0.0401. The van der Waals surface area contributed by atoms with Gasteiger partial charge in [-0.3, -0.25) is 14.3 Å². The summed E-state index contributed by atoms with van der Waals surface area (Å²) in [4.78, 5) is 27.4. The molecule has 158 valence electrons. The average molecular weight is 450 g/mol. The maximum absolute atomic E-state index is 12.7. The van der Waals surface area contributed by atoms with Crippen molar-refractivity contribution in [3.8, 4) is 0 Å². The number of anilines is 1. The zero-order chi connectivity index (χ0) is 21.5. The van der Waals surface area contributed by atoms with E-state index in [0.29, 0.717) is 12.5 Å². The van der Waals surface area contributed by atoms with Gasteiger partial charge in [-0.1, -0.05) is 0 Å². The van der Waals surface area contributed by atoms with Gasteiger partial charge in [-0.2, -0.15) is 0 Å². The standard InChI is InChI=1S/C18H18N4O6S2/c23-17-18(24)21-16-9-14(7-8-15(16)20-17)30(27,28)22-12-3-5-13(6-4-12)29(25,26)19-10-11-1-2-11/h3-9,11,19,22H,1-2,10H2,(H,20,23)(H,21,24). The Bertz CT molecular complexity index is 1440. The molecule has 0 amide bonds. The van der Waals surface area contributed by atoms with Crippen molar-refractivity contribution in [1.82, 2.24) is 14.7 Å². The molecular formula is C18H18N4O6S2. The van der Waals surface area contributed by atoms with E-state index in [1.54, 1.807) is 0 Å². The van der Waals surface area contributed by atoms with Gasteiger partial charge in [0.05, 0.1) is 20.8 Å². The summed E-state index contributed by atoms with van der Waals surface area (Å²) in [6.07, 6.45) is 2.03. The third-order valence-corrected chi connectivity index (χ3v) is 7.50. The van der Waals surface area contributed by atoms with Crippen molar-refractivity contribution in [2.75, 3.05) is 11.3 Å². The van der Waals surface area contributed by atoms with Gasteiger partial charge in [0, 0.05) is 12.2 Å². The smallest absolute Gasteiger partial charge is 0.314 e. The molecule has 0 atom stereocenters. The minimum atomic E-state index is -4.02. The van der Waals surface area contributed by atoms with E-state index in [0.717, 1.165) is 12.8 Å². The Labute approximate surface area is 171 Å². The lowest BCUT2D eigenvalue weighted by atomic mass is 10.3. The molecule has 0 aliphatic heterocycles. The monoisotopic (exact) mass is 450 g/mol. The van der Waals surface area contributed by atoms with Crippen LogP contribution in [-0.2, 0) is 20.0 Å². The van der Waals surface area contributed by atoms with Gasteiger partial charge in [0.15, 0.2) is 0 Å². The molecular weight excluding hydrogens is 432 g/mol. The molecule has 0 bridgehead atoms. The fourth-order valence-corrected chi connectivity index (χ4v) is 5.01. The van der Waals surface area contributed by atoms with E-state index in [2.05, 4.69) is 19.4 Å². The Morgan fingerprint density at radius 1 is 0.800 bits per heavy atom. The number of aromatic amines is 2. The van der Waals surface area contributed by atoms with Crippen molar-refractivity contribution in [3.63, 3.8) is 0 Å². The molecule has 2 aromatic carbocycles. The van der Waals surface area contributed by atoms with Crippen LogP contribution in [0.3, 0.4) is 0 Å². The van der Waals surface area contributed by atoms with Gasteiger partial charge in [0.2, 0.25) is 10.0 Å². The molecule has 4 N–H and O–H groups in total. The van der Waals surface area contributed by atoms with Crippen molar-refractivity contribution in [1.29, 1.82) is 0 Å². The molecule has 12 heteroatoms. The molecule has 1 aliphatic carbocycles. The average Bonchev–Trinajstić information content (AvgIpc) is 3.52. The molecule has 10 nitrogen and oxygen atoms in total. The van der Waals surface area contributed by atoms with Crippen LogP contribution < -0.4 is 20.6 Å². The number of sulfonamides is 2. The van der Waals surface area contributed by atoms with Gasteiger partial charge in [-0.05, 0) is 61.2 Å². The summed E-state index contributed by atoms with van der Waals surface area (Å²) in [5, 5.41) is 0. The highest BCUT2D eigenvalue weighted by Crippen LogP contribution is 2.28. The first-order valence-corrected chi connectivity index (χ1v) is 12.0. The second-order valence-electron chi connectivity index (χ2n) is 7.04. The molecule has 0 unspecified atom stereocenters. The highest BCUT2D eigenvalue weighted by Gasteiger charge is 2.24. The lowest BCUT2D eigenvalue weighted by molar-refractivity contribution is 0.577. The molecule has 1 heterocycles. The predicted molar refractivity (Wildman–Crippen MR) is 110 cm³/mol. The molecule has 1 aromatic heterocycles. The lowest BCUT2D eigenvalue weighted by Crippen LogP contribution is -2.29. The molecule has 4 rings (SSSR count). The van der Waals surface area contributed by atoms with Crippen molar-refractivity contribution in [2.24, 2.45) is 5.92 Å². The number of fused-ring (bicyclic) bond motifs is 1. The largest absolute Gasteiger partial charge is 0.316 e. The second-order valence-corrected chi connectivity index (χ2v) is 10.5. The third-order valence-electron chi connectivity index (χ3n) is 4.68. The molecule has 3 aromatic rings. The molecule has 1 fully saturated rings. The van der Waals surface area contributed by atoms with Crippen LogP contribution in [0.1, 0.15) is 12.8 Å². The Kier molecular flexibility index (Phi) is 5.00. The highest BCUT2D eigenvalue weighted by atomic mass is 32.2. The summed E-state index contributed by atoms with van der Waals surface area (Å²) < 4.78 is 54.7. The van der Waals surface area contributed by atoms with Crippen LogP contribution in [0.2, 0.25) is 0 Å². The fraction of sp³-hybridized carbons (Fsp3) is 0.222. The van der Waals surface area contributed by atoms with E-state index in [1.165, 1.54) is 42.5 Å². The molecule has 0 saturated heterocycles. The van der Waals surface area contributed by atoms with Crippen LogP contribution >= 0.6 is 0 Å². The van der Waals surface area contributed by atoms with Crippen molar-refractivity contribution < 1.29 is 16.8 Å². The first-order valence-electron chi connectivity index (χ1n) is 9.03. The zero-order valence-electron chi connectivity index (χ0n) is 15.5. The number of H-pyrrole nitrogens is 2. The summed E-state index contributed by atoms with van der Waals surface area (Å²) in [6.45, 7) is 0.395. The quantitative estimate of drug-likeness (QED) is 0.388. The maximum Gasteiger partial charge on any atom is 0.314 e. The third kappa shape index (κ3) is 4.30. The van der Waals surface area contributed by atoms with Gasteiger partial charge in [-0.15, -0.1) is 0 Å². The fourth-order valence-electron chi connectivity index (χ4n) is 2.81. The maximum atomic E-state index is 12.7. The number of hydrogen-bond acceptors (Lipinski definition) is 6. The second kappa shape index (κ2) is 7.38. The van der Waals surface area contributed by atoms with Gasteiger partial charge in [0.25, 0.3) is 10.0 Å². The normalized spacial score (nSPS) is 14.7. The van der Waals surface area contributed by atoms with Gasteiger partial charge in [-0.25, -0.2) is 21.6 Å². The number of hydrogen-bond donors (Lipinski definition) is 4. The lowest BCUT2D eigenvalue weighted by Gasteiger charge is -2.10. The Morgan fingerprint density at radius 3 is 2.03 bits per heavy atom. The molecule has 0 spiro atoms.